The Kier molecular flexibility index (Phi) is 4.33. The monoisotopic (exact) mass is 329 g/mol. The lowest BCUT2D eigenvalue weighted by Crippen LogP contribution is -2.38. The van der Waals surface area contributed by atoms with Gasteiger partial charge in [0.1, 0.15) is 6.10 Å². The molecule has 1 aliphatic heterocycles. The molecule has 2 atom stereocenters. The van der Waals surface area contributed by atoms with Crippen molar-refractivity contribution in [2.24, 2.45) is 0 Å². The Bertz CT molecular complexity index is 845. The van der Waals surface area contributed by atoms with Gasteiger partial charge < -0.3 is 9.64 Å². The van der Waals surface area contributed by atoms with Crippen LogP contribution in [0.4, 0.5) is 4.79 Å². The number of aromatic nitrogens is 2. The number of carbonyl (C=O) groups excluding carboxylic acids is 2. The van der Waals surface area contributed by atoms with Gasteiger partial charge in [0, 0.05) is 13.0 Å². The van der Waals surface area contributed by atoms with E-state index in [0.29, 0.717) is 17.4 Å². The second kappa shape index (κ2) is 6.43. The second-order valence-corrected chi connectivity index (χ2v) is 5.88. The van der Waals surface area contributed by atoms with Crippen molar-refractivity contribution in [2.45, 2.75) is 39.0 Å². The summed E-state index contributed by atoms with van der Waals surface area (Å²) in [7, 11) is 0. The molecule has 1 saturated heterocycles. The summed E-state index contributed by atoms with van der Waals surface area (Å²) >= 11 is 0. The number of rotatable bonds is 5. The fourth-order valence-electron chi connectivity index (χ4n) is 3.04. The maximum Gasteiger partial charge on any atom is 0.410 e. The number of nitrogens with zero attached hydrogens (tertiary/aromatic N) is 3. The van der Waals surface area contributed by atoms with Gasteiger partial charge in [-0.3, -0.25) is 14.2 Å². The van der Waals surface area contributed by atoms with Crippen molar-refractivity contribution >= 4 is 22.8 Å². The van der Waals surface area contributed by atoms with Crippen LogP contribution in [0.15, 0.2) is 35.4 Å². The number of benzene rings is 1. The van der Waals surface area contributed by atoms with E-state index in [1.54, 1.807) is 30.0 Å². The normalized spacial score (nSPS) is 20.4. The van der Waals surface area contributed by atoms with Crippen molar-refractivity contribution in [2.75, 3.05) is 6.54 Å². The topological polar surface area (TPSA) is 81.5 Å². The third-order valence-corrected chi connectivity index (χ3v) is 4.32. The Morgan fingerprint density at radius 2 is 2.04 bits per heavy atom. The second-order valence-electron chi connectivity index (χ2n) is 5.88. The van der Waals surface area contributed by atoms with Crippen LogP contribution in [0, 0.1) is 0 Å². The first-order chi connectivity index (χ1) is 11.5. The van der Waals surface area contributed by atoms with Crippen molar-refractivity contribution in [3.05, 3.63) is 40.9 Å². The highest BCUT2D eigenvalue weighted by Gasteiger charge is 2.39. The molecule has 1 amide bonds. The quantitative estimate of drug-likeness (QED) is 0.832. The Morgan fingerprint density at radius 3 is 2.79 bits per heavy atom. The molecule has 24 heavy (non-hydrogen) atoms. The van der Waals surface area contributed by atoms with Crippen molar-refractivity contribution in [1.29, 1.82) is 0 Å². The zero-order valence-electron chi connectivity index (χ0n) is 13.6. The van der Waals surface area contributed by atoms with Crippen LogP contribution in [0.5, 0.6) is 0 Å². The summed E-state index contributed by atoms with van der Waals surface area (Å²) in [5, 5.41) is 0.482. The molecule has 0 N–H and O–H groups in total. The Morgan fingerprint density at radius 1 is 1.29 bits per heavy atom. The highest BCUT2D eigenvalue weighted by atomic mass is 16.6. The largest absolute Gasteiger partial charge is 0.444 e. The molecular weight excluding hydrogens is 310 g/mol. The van der Waals surface area contributed by atoms with Crippen LogP contribution in [0.1, 0.15) is 20.3 Å². The molecule has 1 fully saturated rings. The maximum absolute atomic E-state index is 12.4. The highest BCUT2D eigenvalue weighted by Crippen LogP contribution is 2.22. The molecule has 1 aliphatic rings. The molecule has 3 rings (SSSR count). The minimum Gasteiger partial charge on any atom is -0.444 e. The van der Waals surface area contributed by atoms with Crippen molar-refractivity contribution in [3.8, 4) is 0 Å². The first kappa shape index (κ1) is 16.2. The number of likely N-dealkylation sites (N-methyl/N-ethyl adjacent to an activating group) is 1. The number of cyclic esters (lactones) is 1. The molecule has 0 spiro atoms. The lowest BCUT2D eigenvalue weighted by molar-refractivity contribution is -0.120. The van der Waals surface area contributed by atoms with Gasteiger partial charge in [-0.2, -0.15) is 0 Å². The highest BCUT2D eigenvalue weighted by molar-refractivity contribution is 5.81. The first-order valence-corrected chi connectivity index (χ1v) is 7.94. The van der Waals surface area contributed by atoms with E-state index >= 15 is 0 Å². The van der Waals surface area contributed by atoms with E-state index in [4.69, 9.17) is 4.74 Å². The van der Waals surface area contributed by atoms with Crippen molar-refractivity contribution in [1.82, 2.24) is 14.5 Å². The number of para-hydroxylation sites is 1. The number of hydrogen-bond donors (Lipinski definition) is 0. The van der Waals surface area contributed by atoms with Gasteiger partial charge in [0.15, 0.2) is 5.78 Å². The zero-order valence-corrected chi connectivity index (χ0v) is 13.6. The third-order valence-electron chi connectivity index (χ3n) is 4.32. The standard InChI is InChI=1S/C17H19N3O4/c1-3-20-15(11(2)24-17(20)23)8-12(21)9-19-10-18-14-7-5-4-6-13(14)16(19)22/h4-7,10-11,15H,3,8-9H2,1-2H3. The molecule has 126 valence electrons. The average Bonchev–Trinajstić information content (AvgIpc) is 2.83. The van der Waals surface area contributed by atoms with E-state index in [0.717, 1.165) is 0 Å². The van der Waals surface area contributed by atoms with Crippen LogP contribution in [-0.2, 0) is 16.1 Å². The SMILES string of the molecule is CCN1C(=O)OC(C)C1CC(=O)Cn1cnc2ccccc2c1=O. The van der Waals surface area contributed by atoms with Crippen molar-refractivity contribution < 1.29 is 14.3 Å². The van der Waals surface area contributed by atoms with E-state index < -0.39 is 6.09 Å². The number of carbonyl (C=O) groups is 2. The predicted octanol–water partition coefficient (Wildman–Crippen LogP) is 1.58. The van der Waals surface area contributed by atoms with Crippen LogP contribution in [0.25, 0.3) is 10.9 Å². The molecule has 7 nitrogen and oxygen atoms in total. The maximum atomic E-state index is 12.4. The number of amides is 1. The van der Waals surface area contributed by atoms with Gasteiger partial charge in [-0.05, 0) is 26.0 Å². The van der Waals surface area contributed by atoms with E-state index in [2.05, 4.69) is 4.98 Å². The minimum atomic E-state index is -0.396. The number of fused-ring (bicyclic) bond motifs is 1. The molecular formula is C17H19N3O4. The van der Waals surface area contributed by atoms with Gasteiger partial charge in [0.2, 0.25) is 0 Å². The minimum absolute atomic E-state index is 0.0639. The molecule has 7 heteroatoms. The molecule has 2 heterocycles. The summed E-state index contributed by atoms with van der Waals surface area (Å²) in [4.78, 5) is 42.3. The van der Waals surface area contributed by atoms with E-state index in [1.165, 1.54) is 10.9 Å². The smallest absolute Gasteiger partial charge is 0.410 e. The number of ketones is 1. The molecule has 1 aromatic carbocycles. The lowest BCUT2D eigenvalue weighted by atomic mass is 10.1. The number of hydrogen-bond acceptors (Lipinski definition) is 5. The van der Waals surface area contributed by atoms with Gasteiger partial charge in [-0.15, -0.1) is 0 Å². The van der Waals surface area contributed by atoms with Crippen LogP contribution < -0.4 is 5.56 Å². The van der Waals surface area contributed by atoms with E-state index in [9.17, 15) is 14.4 Å². The molecule has 0 bridgehead atoms. The van der Waals surface area contributed by atoms with Gasteiger partial charge in [0.05, 0.1) is 29.8 Å². The predicted molar refractivity (Wildman–Crippen MR) is 87.7 cm³/mol. The Labute approximate surface area is 138 Å². The molecule has 0 saturated carbocycles. The molecule has 2 unspecified atom stereocenters. The lowest BCUT2D eigenvalue weighted by Gasteiger charge is -2.21. The summed E-state index contributed by atoms with van der Waals surface area (Å²) in [6.07, 6.45) is 0.806. The van der Waals surface area contributed by atoms with Crippen LogP contribution in [0.3, 0.4) is 0 Å². The van der Waals surface area contributed by atoms with Gasteiger partial charge in [0.25, 0.3) is 5.56 Å². The van der Waals surface area contributed by atoms with Crippen molar-refractivity contribution in [3.63, 3.8) is 0 Å². The van der Waals surface area contributed by atoms with Crippen LogP contribution in [-0.4, -0.2) is 45.0 Å². The summed E-state index contributed by atoms with van der Waals surface area (Å²) in [5.74, 6) is -0.136. The van der Waals surface area contributed by atoms with Gasteiger partial charge >= 0.3 is 6.09 Å². The average molecular weight is 329 g/mol. The first-order valence-electron chi connectivity index (χ1n) is 7.94. The number of Topliss-reactive ketones (excluding diaryl/α,β-unsaturated/α-hetero) is 1. The van der Waals surface area contributed by atoms with Crippen LogP contribution in [0.2, 0.25) is 0 Å². The summed E-state index contributed by atoms with van der Waals surface area (Å²) in [5.41, 5.74) is 0.361. The fraction of sp³-hybridized carbons (Fsp3) is 0.412. The van der Waals surface area contributed by atoms with E-state index in [1.807, 2.05) is 13.0 Å². The number of ether oxygens (including phenoxy) is 1. The van der Waals surface area contributed by atoms with Gasteiger partial charge in [-0.1, -0.05) is 12.1 Å². The molecule has 2 aromatic rings. The molecule has 1 aromatic heterocycles. The van der Waals surface area contributed by atoms with E-state index in [-0.39, 0.29) is 36.5 Å². The Balaban J connectivity index is 1.77. The summed E-state index contributed by atoms with van der Waals surface area (Å²) in [6.45, 7) is 4.04. The summed E-state index contributed by atoms with van der Waals surface area (Å²) in [6, 6.07) is 6.72. The van der Waals surface area contributed by atoms with Gasteiger partial charge in [-0.25, -0.2) is 9.78 Å². The zero-order chi connectivity index (χ0) is 17.3. The molecule has 0 aliphatic carbocycles. The Hall–Kier alpha value is -2.70. The summed E-state index contributed by atoms with van der Waals surface area (Å²) < 4.78 is 6.47. The molecule has 0 radical (unpaired) electrons. The third kappa shape index (κ3) is 2.89. The fourth-order valence-corrected chi connectivity index (χ4v) is 3.04. The van der Waals surface area contributed by atoms with Crippen LogP contribution >= 0.6 is 0 Å².